The standard InChI is InChI=1S/C9H12N2O4S/c1-15-9(12)7-3-4-10-8(5-7)6-11-16(2,13)14/h3-5,11H,6H2,1-2H3. The summed E-state index contributed by atoms with van der Waals surface area (Å²) in [5.74, 6) is -0.483. The van der Waals surface area contributed by atoms with E-state index in [2.05, 4.69) is 14.4 Å². The summed E-state index contributed by atoms with van der Waals surface area (Å²) in [6.07, 6.45) is 2.47. The highest BCUT2D eigenvalue weighted by molar-refractivity contribution is 7.88. The van der Waals surface area contributed by atoms with E-state index in [0.29, 0.717) is 11.3 Å². The zero-order valence-corrected chi connectivity index (χ0v) is 9.74. The summed E-state index contributed by atoms with van der Waals surface area (Å²) >= 11 is 0. The molecule has 88 valence electrons. The third kappa shape index (κ3) is 3.95. The first-order valence-electron chi connectivity index (χ1n) is 4.40. The third-order valence-corrected chi connectivity index (χ3v) is 2.42. The van der Waals surface area contributed by atoms with Crippen molar-refractivity contribution in [3.8, 4) is 0 Å². The van der Waals surface area contributed by atoms with Crippen LogP contribution in [0, 0.1) is 0 Å². The molecule has 0 aliphatic carbocycles. The maximum absolute atomic E-state index is 11.2. The first-order valence-corrected chi connectivity index (χ1v) is 6.29. The molecule has 0 fully saturated rings. The van der Waals surface area contributed by atoms with Crippen molar-refractivity contribution in [2.45, 2.75) is 6.54 Å². The Hall–Kier alpha value is -1.47. The number of hydrogen-bond acceptors (Lipinski definition) is 5. The van der Waals surface area contributed by atoms with E-state index in [-0.39, 0.29) is 6.54 Å². The number of ether oxygens (including phenoxy) is 1. The van der Waals surface area contributed by atoms with Crippen LogP contribution in [-0.2, 0) is 21.3 Å². The fourth-order valence-electron chi connectivity index (χ4n) is 1.02. The van der Waals surface area contributed by atoms with E-state index in [0.717, 1.165) is 6.26 Å². The van der Waals surface area contributed by atoms with Gasteiger partial charge in [-0.15, -0.1) is 0 Å². The molecule has 0 bridgehead atoms. The van der Waals surface area contributed by atoms with Gasteiger partial charge >= 0.3 is 5.97 Å². The number of carbonyl (C=O) groups is 1. The Morgan fingerprint density at radius 2 is 2.25 bits per heavy atom. The molecule has 16 heavy (non-hydrogen) atoms. The molecule has 0 atom stereocenters. The molecule has 6 nitrogen and oxygen atoms in total. The van der Waals surface area contributed by atoms with E-state index >= 15 is 0 Å². The molecule has 0 radical (unpaired) electrons. The highest BCUT2D eigenvalue weighted by Crippen LogP contribution is 2.03. The summed E-state index contributed by atoms with van der Waals surface area (Å²) in [7, 11) is -1.99. The number of aromatic nitrogens is 1. The minimum absolute atomic E-state index is 0.0453. The van der Waals surface area contributed by atoms with Crippen molar-refractivity contribution in [2.24, 2.45) is 0 Å². The lowest BCUT2D eigenvalue weighted by Gasteiger charge is -2.03. The van der Waals surface area contributed by atoms with Gasteiger partial charge in [-0.1, -0.05) is 0 Å². The lowest BCUT2D eigenvalue weighted by atomic mass is 10.2. The van der Waals surface area contributed by atoms with Gasteiger partial charge in [0, 0.05) is 6.20 Å². The van der Waals surface area contributed by atoms with Gasteiger partial charge < -0.3 is 4.74 Å². The Bertz CT molecular complexity index is 484. The molecule has 1 aromatic rings. The second-order valence-electron chi connectivity index (χ2n) is 3.12. The molecular formula is C9H12N2O4S. The quantitative estimate of drug-likeness (QED) is 0.748. The summed E-state index contributed by atoms with van der Waals surface area (Å²) in [5, 5.41) is 0. The fourth-order valence-corrected chi connectivity index (χ4v) is 1.43. The molecule has 0 aliphatic rings. The van der Waals surface area contributed by atoms with Gasteiger partial charge in [0.05, 0.1) is 31.2 Å². The zero-order valence-electron chi connectivity index (χ0n) is 8.93. The van der Waals surface area contributed by atoms with Crippen molar-refractivity contribution in [1.29, 1.82) is 0 Å². The normalized spacial score (nSPS) is 11.1. The van der Waals surface area contributed by atoms with Crippen LogP contribution in [-0.4, -0.2) is 32.7 Å². The smallest absolute Gasteiger partial charge is 0.337 e. The van der Waals surface area contributed by atoms with Crippen molar-refractivity contribution < 1.29 is 17.9 Å². The molecule has 1 N–H and O–H groups in total. The molecule has 0 unspecified atom stereocenters. The second-order valence-corrected chi connectivity index (χ2v) is 4.95. The van der Waals surface area contributed by atoms with E-state index in [1.807, 2.05) is 0 Å². The van der Waals surface area contributed by atoms with Crippen molar-refractivity contribution in [3.63, 3.8) is 0 Å². The van der Waals surface area contributed by atoms with Crippen LogP contribution in [0.1, 0.15) is 16.1 Å². The van der Waals surface area contributed by atoms with Crippen LogP contribution < -0.4 is 4.72 Å². The molecule has 0 amide bonds. The van der Waals surface area contributed by atoms with Crippen molar-refractivity contribution >= 4 is 16.0 Å². The number of carbonyl (C=O) groups excluding carboxylic acids is 1. The zero-order chi connectivity index (χ0) is 12.2. The number of nitrogens with one attached hydrogen (secondary N) is 1. The van der Waals surface area contributed by atoms with Crippen molar-refractivity contribution in [3.05, 3.63) is 29.6 Å². The largest absolute Gasteiger partial charge is 0.465 e. The van der Waals surface area contributed by atoms with E-state index < -0.39 is 16.0 Å². The number of hydrogen-bond donors (Lipinski definition) is 1. The molecule has 7 heteroatoms. The Labute approximate surface area is 93.7 Å². The number of methoxy groups -OCH3 is 1. The lowest BCUT2D eigenvalue weighted by molar-refractivity contribution is 0.0600. The van der Waals surface area contributed by atoms with Crippen LogP contribution in [0.25, 0.3) is 0 Å². The molecule has 0 aromatic carbocycles. The predicted molar refractivity (Wildman–Crippen MR) is 57.3 cm³/mol. The van der Waals surface area contributed by atoms with Crippen molar-refractivity contribution in [1.82, 2.24) is 9.71 Å². The van der Waals surface area contributed by atoms with Gasteiger partial charge in [-0.25, -0.2) is 17.9 Å². The van der Waals surface area contributed by atoms with E-state index in [1.165, 1.54) is 25.4 Å². The van der Waals surface area contributed by atoms with Gasteiger partial charge in [0.1, 0.15) is 0 Å². The maximum atomic E-state index is 11.2. The molecule has 1 heterocycles. The highest BCUT2D eigenvalue weighted by Gasteiger charge is 2.07. The van der Waals surface area contributed by atoms with E-state index in [9.17, 15) is 13.2 Å². The monoisotopic (exact) mass is 244 g/mol. The van der Waals surface area contributed by atoms with Gasteiger partial charge in [-0.3, -0.25) is 4.98 Å². The average molecular weight is 244 g/mol. The molecule has 1 aromatic heterocycles. The molecule has 0 saturated carbocycles. The summed E-state index contributed by atoms with van der Waals surface area (Å²) in [5.41, 5.74) is 0.788. The predicted octanol–water partition coefficient (Wildman–Crippen LogP) is -0.0826. The number of rotatable bonds is 4. The Morgan fingerprint density at radius 1 is 1.56 bits per heavy atom. The SMILES string of the molecule is COC(=O)c1ccnc(CNS(C)(=O)=O)c1. The topological polar surface area (TPSA) is 85.4 Å². The number of pyridine rings is 1. The van der Waals surface area contributed by atoms with Crippen LogP contribution in [0.3, 0.4) is 0 Å². The maximum Gasteiger partial charge on any atom is 0.337 e. The summed E-state index contributed by atoms with van der Waals surface area (Å²) in [4.78, 5) is 15.1. The van der Waals surface area contributed by atoms with Gasteiger partial charge in [0.2, 0.25) is 10.0 Å². The van der Waals surface area contributed by atoms with E-state index in [4.69, 9.17) is 0 Å². The van der Waals surface area contributed by atoms with Gasteiger partial charge in [0.25, 0.3) is 0 Å². The third-order valence-electron chi connectivity index (χ3n) is 1.75. The number of sulfonamides is 1. The first kappa shape index (κ1) is 12.6. The van der Waals surface area contributed by atoms with E-state index in [1.54, 1.807) is 0 Å². The second kappa shape index (κ2) is 5.04. The van der Waals surface area contributed by atoms with Gasteiger partial charge in [-0.2, -0.15) is 0 Å². The van der Waals surface area contributed by atoms with Crippen molar-refractivity contribution in [2.75, 3.05) is 13.4 Å². The molecule has 0 spiro atoms. The van der Waals surface area contributed by atoms with Crippen LogP contribution in [0.4, 0.5) is 0 Å². The van der Waals surface area contributed by atoms with Gasteiger partial charge in [0.15, 0.2) is 0 Å². The molecule has 1 rings (SSSR count). The summed E-state index contributed by atoms with van der Waals surface area (Å²) < 4.78 is 28.5. The Morgan fingerprint density at radius 3 is 2.81 bits per heavy atom. The summed E-state index contributed by atoms with van der Waals surface area (Å²) in [6, 6.07) is 2.97. The minimum Gasteiger partial charge on any atom is -0.465 e. The lowest BCUT2D eigenvalue weighted by Crippen LogP contribution is -2.22. The number of esters is 1. The van der Waals surface area contributed by atoms with Crippen LogP contribution in [0.15, 0.2) is 18.3 Å². The van der Waals surface area contributed by atoms with Crippen LogP contribution in [0.5, 0.6) is 0 Å². The molecule has 0 saturated heterocycles. The minimum atomic E-state index is -3.27. The number of nitrogens with zero attached hydrogens (tertiary/aromatic N) is 1. The molecule has 0 aliphatic heterocycles. The Kier molecular flexibility index (Phi) is 3.97. The van der Waals surface area contributed by atoms with Gasteiger partial charge in [-0.05, 0) is 12.1 Å². The van der Waals surface area contributed by atoms with Crippen LogP contribution >= 0.6 is 0 Å². The highest BCUT2D eigenvalue weighted by atomic mass is 32.2. The first-order chi connectivity index (χ1) is 7.42. The van der Waals surface area contributed by atoms with Crippen LogP contribution in [0.2, 0.25) is 0 Å². The Balaban J connectivity index is 2.79. The fraction of sp³-hybridized carbons (Fsp3) is 0.333. The molecular weight excluding hydrogens is 232 g/mol. The summed E-state index contributed by atoms with van der Waals surface area (Å²) in [6.45, 7) is 0.0453. The average Bonchev–Trinajstić information content (AvgIpc) is 2.25.